The lowest BCUT2D eigenvalue weighted by atomic mass is 10.2. The van der Waals surface area contributed by atoms with Crippen LogP contribution in [0.1, 0.15) is 16.2 Å². The zero-order valence-electron chi connectivity index (χ0n) is 16.2. The molecule has 4 rings (SSSR count). The highest BCUT2D eigenvalue weighted by atomic mass is 32.2. The third kappa shape index (κ3) is 4.89. The molecule has 1 aromatic carbocycles. The minimum atomic E-state index is -0.404. The first kappa shape index (κ1) is 20.6. The first-order chi connectivity index (χ1) is 14.6. The number of nitrogens with two attached hydrogens (primary N) is 1. The number of piperazine rings is 1. The number of rotatable bonds is 7. The summed E-state index contributed by atoms with van der Waals surface area (Å²) in [4.78, 5) is 34.4. The van der Waals surface area contributed by atoms with E-state index in [0.29, 0.717) is 36.9 Å². The van der Waals surface area contributed by atoms with Crippen molar-refractivity contribution in [1.82, 2.24) is 19.9 Å². The summed E-state index contributed by atoms with van der Waals surface area (Å²) in [6, 6.07) is 11.2. The highest BCUT2D eigenvalue weighted by molar-refractivity contribution is 8.00. The van der Waals surface area contributed by atoms with E-state index in [2.05, 4.69) is 15.0 Å². The van der Waals surface area contributed by atoms with E-state index in [1.54, 1.807) is 17.4 Å². The van der Waals surface area contributed by atoms with Gasteiger partial charge in [-0.1, -0.05) is 23.4 Å². The van der Waals surface area contributed by atoms with Crippen LogP contribution in [-0.2, 0) is 11.3 Å². The fourth-order valence-electron chi connectivity index (χ4n) is 3.21. The molecule has 2 amide bonds. The van der Waals surface area contributed by atoms with Crippen molar-refractivity contribution in [2.45, 2.75) is 11.4 Å². The van der Waals surface area contributed by atoms with Gasteiger partial charge in [0.15, 0.2) is 0 Å². The lowest BCUT2D eigenvalue weighted by Gasteiger charge is -2.34. The SMILES string of the molecule is NC(=O)CSc1ccccc1C(=O)N1CCN(Cc2nc(-c3cccs3)no2)CC1. The molecule has 2 N–H and O–H groups in total. The smallest absolute Gasteiger partial charge is 0.255 e. The molecule has 30 heavy (non-hydrogen) atoms. The van der Waals surface area contributed by atoms with E-state index in [0.717, 1.165) is 22.9 Å². The van der Waals surface area contributed by atoms with Crippen molar-refractivity contribution in [3.8, 4) is 10.7 Å². The second-order valence-electron chi connectivity index (χ2n) is 6.81. The largest absolute Gasteiger partial charge is 0.369 e. The van der Waals surface area contributed by atoms with Crippen LogP contribution in [-0.4, -0.2) is 63.7 Å². The first-order valence-corrected chi connectivity index (χ1v) is 11.3. The van der Waals surface area contributed by atoms with Crippen LogP contribution >= 0.6 is 23.1 Å². The van der Waals surface area contributed by atoms with Crippen LogP contribution in [0.3, 0.4) is 0 Å². The number of hydrogen-bond donors (Lipinski definition) is 1. The molecular formula is C20H21N5O3S2. The summed E-state index contributed by atoms with van der Waals surface area (Å²) in [5.74, 6) is 0.903. The van der Waals surface area contributed by atoms with E-state index < -0.39 is 5.91 Å². The number of amides is 2. The van der Waals surface area contributed by atoms with Gasteiger partial charge in [0, 0.05) is 31.1 Å². The Hall–Kier alpha value is -2.69. The molecule has 156 valence electrons. The summed E-state index contributed by atoms with van der Waals surface area (Å²) in [6.07, 6.45) is 0. The molecule has 0 atom stereocenters. The van der Waals surface area contributed by atoms with Crippen molar-refractivity contribution < 1.29 is 14.1 Å². The van der Waals surface area contributed by atoms with Crippen LogP contribution in [0, 0.1) is 0 Å². The minimum absolute atomic E-state index is 0.0278. The number of benzene rings is 1. The summed E-state index contributed by atoms with van der Waals surface area (Å²) in [7, 11) is 0. The van der Waals surface area contributed by atoms with Gasteiger partial charge in [-0.15, -0.1) is 23.1 Å². The Morgan fingerprint density at radius 3 is 2.67 bits per heavy atom. The monoisotopic (exact) mass is 443 g/mol. The Morgan fingerprint density at radius 2 is 1.93 bits per heavy atom. The maximum atomic E-state index is 13.0. The molecule has 1 fully saturated rings. The third-order valence-corrected chi connectivity index (χ3v) is 6.68. The van der Waals surface area contributed by atoms with Crippen molar-refractivity contribution in [2.24, 2.45) is 5.73 Å². The van der Waals surface area contributed by atoms with Crippen LogP contribution in [0.2, 0.25) is 0 Å². The average Bonchev–Trinajstić information content (AvgIpc) is 3.44. The van der Waals surface area contributed by atoms with Gasteiger partial charge in [-0.25, -0.2) is 0 Å². The van der Waals surface area contributed by atoms with E-state index in [-0.39, 0.29) is 11.7 Å². The molecule has 1 saturated heterocycles. The van der Waals surface area contributed by atoms with E-state index in [9.17, 15) is 9.59 Å². The Kier molecular flexibility index (Phi) is 6.46. The molecule has 3 aromatic rings. The van der Waals surface area contributed by atoms with Crippen molar-refractivity contribution in [3.05, 3.63) is 53.2 Å². The number of hydrogen-bond acceptors (Lipinski definition) is 8. The van der Waals surface area contributed by atoms with Gasteiger partial charge >= 0.3 is 0 Å². The van der Waals surface area contributed by atoms with Gasteiger partial charge in [0.2, 0.25) is 17.6 Å². The van der Waals surface area contributed by atoms with Crippen LogP contribution in [0.5, 0.6) is 0 Å². The predicted octanol–water partition coefficient (Wildman–Crippen LogP) is 2.33. The lowest BCUT2D eigenvalue weighted by Crippen LogP contribution is -2.48. The third-order valence-electron chi connectivity index (χ3n) is 4.72. The molecule has 0 unspecified atom stereocenters. The fourth-order valence-corrected chi connectivity index (χ4v) is 4.65. The summed E-state index contributed by atoms with van der Waals surface area (Å²) in [5.41, 5.74) is 5.85. The zero-order chi connectivity index (χ0) is 20.9. The van der Waals surface area contributed by atoms with Gasteiger partial charge in [0.1, 0.15) is 0 Å². The predicted molar refractivity (Wildman–Crippen MR) is 115 cm³/mol. The molecule has 1 aliphatic rings. The van der Waals surface area contributed by atoms with E-state index in [4.69, 9.17) is 10.3 Å². The van der Waals surface area contributed by atoms with Crippen molar-refractivity contribution in [2.75, 3.05) is 31.9 Å². The van der Waals surface area contributed by atoms with Crippen molar-refractivity contribution in [1.29, 1.82) is 0 Å². The maximum absolute atomic E-state index is 13.0. The van der Waals surface area contributed by atoms with E-state index in [1.807, 2.05) is 40.6 Å². The summed E-state index contributed by atoms with van der Waals surface area (Å²) >= 11 is 2.86. The lowest BCUT2D eigenvalue weighted by molar-refractivity contribution is -0.115. The van der Waals surface area contributed by atoms with Gasteiger partial charge in [0.05, 0.1) is 22.7 Å². The molecule has 0 bridgehead atoms. The number of nitrogens with zero attached hydrogens (tertiary/aromatic N) is 4. The summed E-state index contributed by atoms with van der Waals surface area (Å²) < 4.78 is 5.38. The molecule has 0 aliphatic carbocycles. The molecule has 10 heteroatoms. The molecule has 8 nitrogen and oxygen atoms in total. The van der Waals surface area contributed by atoms with Crippen LogP contribution < -0.4 is 5.73 Å². The van der Waals surface area contributed by atoms with Crippen LogP contribution in [0.15, 0.2) is 51.2 Å². The molecule has 2 aromatic heterocycles. The van der Waals surface area contributed by atoms with Crippen molar-refractivity contribution >= 4 is 34.9 Å². The molecule has 0 spiro atoms. The van der Waals surface area contributed by atoms with Crippen molar-refractivity contribution in [3.63, 3.8) is 0 Å². The Bertz CT molecular complexity index is 1010. The highest BCUT2D eigenvalue weighted by Gasteiger charge is 2.25. The summed E-state index contributed by atoms with van der Waals surface area (Å²) in [6.45, 7) is 3.22. The molecule has 1 aliphatic heterocycles. The normalized spacial score (nSPS) is 14.7. The number of aromatic nitrogens is 2. The topological polar surface area (TPSA) is 106 Å². The molecule has 3 heterocycles. The fraction of sp³-hybridized carbons (Fsp3) is 0.300. The number of carbonyl (C=O) groups is 2. The number of carbonyl (C=O) groups excluding carboxylic acids is 2. The standard InChI is InChI=1S/C20H21N5O3S2/c21-17(26)13-30-15-5-2-1-4-14(15)20(27)25-9-7-24(8-10-25)12-18-22-19(23-28-18)16-6-3-11-29-16/h1-6,11H,7-10,12-13H2,(H2,21,26). The number of primary amides is 1. The first-order valence-electron chi connectivity index (χ1n) is 9.48. The average molecular weight is 444 g/mol. The number of thioether (sulfide) groups is 1. The zero-order valence-corrected chi connectivity index (χ0v) is 17.8. The highest BCUT2D eigenvalue weighted by Crippen LogP contribution is 2.25. The van der Waals surface area contributed by atoms with Gasteiger partial charge in [-0.2, -0.15) is 4.98 Å². The summed E-state index contributed by atoms with van der Waals surface area (Å²) in [5, 5.41) is 6.02. The quantitative estimate of drug-likeness (QED) is 0.559. The van der Waals surface area contributed by atoms with Gasteiger partial charge < -0.3 is 15.2 Å². The van der Waals surface area contributed by atoms with E-state index >= 15 is 0 Å². The maximum Gasteiger partial charge on any atom is 0.255 e. The van der Waals surface area contributed by atoms with Gasteiger partial charge in [-0.3, -0.25) is 14.5 Å². The van der Waals surface area contributed by atoms with Gasteiger partial charge in [0.25, 0.3) is 5.91 Å². The Morgan fingerprint density at radius 1 is 1.13 bits per heavy atom. The molecular weight excluding hydrogens is 422 g/mol. The van der Waals surface area contributed by atoms with Gasteiger partial charge in [-0.05, 0) is 23.6 Å². The Balaban J connectivity index is 1.33. The van der Waals surface area contributed by atoms with Crippen LogP contribution in [0.25, 0.3) is 10.7 Å². The van der Waals surface area contributed by atoms with E-state index in [1.165, 1.54) is 11.8 Å². The second kappa shape index (κ2) is 9.41. The number of thiophene rings is 1. The minimum Gasteiger partial charge on any atom is -0.369 e. The van der Waals surface area contributed by atoms with Crippen LogP contribution in [0.4, 0.5) is 0 Å². The Labute approximate surface area is 182 Å². The second-order valence-corrected chi connectivity index (χ2v) is 8.77. The molecule has 0 radical (unpaired) electrons. The molecule has 0 saturated carbocycles.